The average Bonchev–Trinajstić information content (AvgIpc) is 2.68. The lowest BCUT2D eigenvalue weighted by Gasteiger charge is -2.25. The maximum absolute atomic E-state index is 13.2. The molecule has 92 valence electrons. The molecule has 0 saturated heterocycles. The second kappa shape index (κ2) is 3.78. The third kappa shape index (κ3) is 1.49. The van der Waals surface area contributed by atoms with Crippen LogP contribution in [0.1, 0.15) is 23.1 Å². The maximum Gasteiger partial charge on any atom is 0.123 e. The molecule has 0 amide bonds. The zero-order valence-electron chi connectivity index (χ0n) is 9.73. The number of rotatable bonds is 1. The number of hydrogen-bond donors (Lipinski definition) is 2. The molecule has 3 rings (SSSR count). The number of aryl methyl sites for hydroxylation is 1. The molecule has 1 atom stereocenters. The fraction of sp³-hybridized carbons (Fsp3) is 0.214. The Labute approximate surface area is 104 Å². The molecule has 1 heterocycles. The third-order valence-electron chi connectivity index (χ3n) is 3.57. The number of hydrogen-bond acceptors (Lipinski definition) is 3. The second-order valence-corrected chi connectivity index (χ2v) is 4.62. The summed E-state index contributed by atoms with van der Waals surface area (Å²) in [6.45, 7) is 0. The number of aromatic nitrogens is 1. The van der Waals surface area contributed by atoms with E-state index in [2.05, 4.69) is 4.98 Å². The van der Waals surface area contributed by atoms with E-state index < -0.39 is 5.60 Å². The molecule has 3 N–H and O–H groups in total. The van der Waals surface area contributed by atoms with Gasteiger partial charge in [0.1, 0.15) is 11.4 Å². The van der Waals surface area contributed by atoms with Crippen molar-refractivity contribution in [2.75, 3.05) is 5.73 Å². The molecule has 3 nitrogen and oxygen atoms in total. The van der Waals surface area contributed by atoms with Gasteiger partial charge in [0.25, 0.3) is 0 Å². The summed E-state index contributed by atoms with van der Waals surface area (Å²) < 4.78 is 13.2. The Morgan fingerprint density at radius 2 is 2.11 bits per heavy atom. The van der Waals surface area contributed by atoms with E-state index in [-0.39, 0.29) is 5.82 Å². The molecule has 1 unspecified atom stereocenters. The fourth-order valence-electron chi connectivity index (χ4n) is 2.65. The summed E-state index contributed by atoms with van der Waals surface area (Å²) in [7, 11) is 0. The van der Waals surface area contributed by atoms with Crippen molar-refractivity contribution in [3.8, 4) is 0 Å². The molecule has 1 aromatic heterocycles. The smallest absolute Gasteiger partial charge is 0.123 e. The van der Waals surface area contributed by atoms with Crippen LogP contribution in [-0.4, -0.2) is 10.1 Å². The third-order valence-corrected chi connectivity index (χ3v) is 3.57. The van der Waals surface area contributed by atoms with E-state index >= 15 is 0 Å². The monoisotopic (exact) mass is 244 g/mol. The van der Waals surface area contributed by atoms with Crippen LogP contribution in [0.2, 0.25) is 0 Å². The van der Waals surface area contributed by atoms with Crippen LogP contribution in [0, 0.1) is 5.82 Å². The molecule has 0 bridgehead atoms. The van der Waals surface area contributed by atoms with E-state index in [4.69, 9.17) is 5.73 Å². The molecular weight excluding hydrogens is 231 g/mol. The number of aliphatic hydroxyl groups is 1. The number of halogens is 1. The largest absolute Gasteiger partial charge is 0.398 e. The lowest BCUT2D eigenvalue weighted by Crippen LogP contribution is -2.25. The summed E-state index contributed by atoms with van der Waals surface area (Å²) in [5, 5.41) is 10.8. The van der Waals surface area contributed by atoms with Crippen LogP contribution >= 0.6 is 0 Å². The van der Waals surface area contributed by atoms with Gasteiger partial charge in [-0.25, -0.2) is 4.39 Å². The van der Waals surface area contributed by atoms with Gasteiger partial charge in [0.15, 0.2) is 0 Å². The Hall–Kier alpha value is -1.94. The molecule has 0 fully saturated rings. The van der Waals surface area contributed by atoms with Crippen molar-refractivity contribution in [3.05, 3.63) is 59.2 Å². The van der Waals surface area contributed by atoms with Crippen molar-refractivity contribution in [2.24, 2.45) is 0 Å². The Morgan fingerprint density at radius 3 is 2.89 bits per heavy atom. The van der Waals surface area contributed by atoms with Crippen LogP contribution in [0.25, 0.3) is 0 Å². The van der Waals surface area contributed by atoms with E-state index in [1.54, 1.807) is 24.5 Å². The molecule has 4 heteroatoms. The second-order valence-electron chi connectivity index (χ2n) is 4.62. The number of nitrogen functional groups attached to an aromatic ring is 1. The fourth-order valence-corrected chi connectivity index (χ4v) is 2.65. The lowest BCUT2D eigenvalue weighted by atomic mass is 9.88. The summed E-state index contributed by atoms with van der Waals surface area (Å²) in [5.74, 6) is -0.280. The van der Waals surface area contributed by atoms with Gasteiger partial charge in [-0.05, 0) is 42.2 Å². The zero-order chi connectivity index (χ0) is 12.8. The van der Waals surface area contributed by atoms with E-state index in [0.29, 0.717) is 24.1 Å². The number of pyridine rings is 1. The molecule has 1 aliphatic carbocycles. The molecular formula is C14H13FN2O. The van der Waals surface area contributed by atoms with E-state index in [9.17, 15) is 9.50 Å². The summed E-state index contributed by atoms with van der Waals surface area (Å²) >= 11 is 0. The van der Waals surface area contributed by atoms with Crippen LogP contribution in [0.3, 0.4) is 0 Å². The van der Waals surface area contributed by atoms with Crippen LogP contribution in [0.15, 0.2) is 36.7 Å². The van der Waals surface area contributed by atoms with E-state index in [1.807, 2.05) is 0 Å². The Bertz CT molecular complexity index is 614. The first-order chi connectivity index (χ1) is 8.61. The van der Waals surface area contributed by atoms with Crippen LogP contribution < -0.4 is 5.73 Å². The molecule has 2 aromatic rings. The van der Waals surface area contributed by atoms with Crippen molar-refractivity contribution in [3.63, 3.8) is 0 Å². The van der Waals surface area contributed by atoms with E-state index in [0.717, 1.165) is 11.1 Å². The topological polar surface area (TPSA) is 59.1 Å². The highest BCUT2D eigenvalue weighted by Gasteiger charge is 2.39. The highest BCUT2D eigenvalue weighted by Crippen LogP contribution is 2.43. The highest BCUT2D eigenvalue weighted by molar-refractivity contribution is 5.55. The normalized spacial score (nSPS) is 21.9. The van der Waals surface area contributed by atoms with Crippen molar-refractivity contribution < 1.29 is 9.50 Å². The lowest BCUT2D eigenvalue weighted by molar-refractivity contribution is 0.0833. The van der Waals surface area contributed by atoms with Gasteiger partial charge in [-0.2, -0.15) is 0 Å². The molecule has 0 saturated carbocycles. The number of benzene rings is 1. The molecule has 0 spiro atoms. The minimum absolute atomic E-state index is 0.280. The van der Waals surface area contributed by atoms with Gasteiger partial charge in [-0.1, -0.05) is 6.07 Å². The first-order valence-electron chi connectivity index (χ1n) is 5.82. The van der Waals surface area contributed by atoms with Gasteiger partial charge in [-0.15, -0.1) is 0 Å². The quantitative estimate of drug-likeness (QED) is 0.806. The predicted octanol–water partition coefficient (Wildman–Crippen LogP) is 1.99. The summed E-state index contributed by atoms with van der Waals surface area (Å²) in [6.07, 6.45) is 4.30. The van der Waals surface area contributed by atoms with Crippen LogP contribution in [0.5, 0.6) is 0 Å². The molecule has 18 heavy (non-hydrogen) atoms. The summed E-state index contributed by atoms with van der Waals surface area (Å²) in [6, 6.07) is 6.13. The molecule has 1 aromatic carbocycles. The van der Waals surface area contributed by atoms with Crippen molar-refractivity contribution >= 4 is 5.69 Å². The minimum atomic E-state index is -1.15. The maximum atomic E-state index is 13.2. The van der Waals surface area contributed by atoms with Crippen LogP contribution in [-0.2, 0) is 12.0 Å². The SMILES string of the molecule is Nc1ccncc1C1(O)CCc2cc(F)ccc21. The summed E-state index contributed by atoms with van der Waals surface area (Å²) in [4.78, 5) is 4.01. The molecule has 0 aliphatic heterocycles. The van der Waals surface area contributed by atoms with Gasteiger partial charge in [0.05, 0.1) is 0 Å². The predicted molar refractivity (Wildman–Crippen MR) is 66.4 cm³/mol. The van der Waals surface area contributed by atoms with Crippen molar-refractivity contribution in [1.29, 1.82) is 0 Å². The first-order valence-corrected chi connectivity index (χ1v) is 5.82. The number of fused-ring (bicyclic) bond motifs is 1. The first kappa shape index (κ1) is 11.2. The van der Waals surface area contributed by atoms with Gasteiger partial charge >= 0.3 is 0 Å². The Kier molecular flexibility index (Phi) is 2.35. The minimum Gasteiger partial charge on any atom is -0.398 e. The number of anilines is 1. The van der Waals surface area contributed by atoms with Crippen LogP contribution in [0.4, 0.5) is 10.1 Å². The number of nitrogens with two attached hydrogens (primary N) is 1. The molecule has 0 radical (unpaired) electrons. The average molecular weight is 244 g/mol. The van der Waals surface area contributed by atoms with Gasteiger partial charge in [-0.3, -0.25) is 4.98 Å². The van der Waals surface area contributed by atoms with Gasteiger partial charge in [0.2, 0.25) is 0 Å². The Balaban J connectivity index is 2.18. The Morgan fingerprint density at radius 1 is 1.28 bits per heavy atom. The molecule has 1 aliphatic rings. The van der Waals surface area contributed by atoms with E-state index in [1.165, 1.54) is 12.1 Å². The van der Waals surface area contributed by atoms with Gasteiger partial charge in [0, 0.05) is 23.6 Å². The van der Waals surface area contributed by atoms with Crippen molar-refractivity contribution in [2.45, 2.75) is 18.4 Å². The summed E-state index contributed by atoms with van der Waals surface area (Å²) in [5.41, 5.74) is 7.40. The zero-order valence-corrected chi connectivity index (χ0v) is 9.73. The highest BCUT2D eigenvalue weighted by atomic mass is 19.1. The standard InChI is InChI=1S/C14H13FN2O/c15-10-1-2-11-9(7-10)3-5-14(11,18)12-8-17-6-4-13(12)16/h1-2,4,6-8,18H,3,5H2,(H2,16,17). The van der Waals surface area contributed by atoms with Gasteiger partial charge < -0.3 is 10.8 Å². The number of nitrogens with zero attached hydrogens (tertiary/aromatic N) is 1. The van der Waals surface area contributed by atoms with Crippen molar-refractivity contribution in [1.82, 2.24) is 4.98 Å².